The van der Waals surface area contributed by atoms with Crippen LogP contribution in [0.2, 0.25) is 5.02 Å². The van der Waals surface area contributed by atoms with Gasteiger partial charge in [-0.05, 0) is 72.9 Å². The molecule has 1 aromatic heterocycles. The van der Waals surface area contributed by atoms with E-state index in [4.69, 9.17) is 26.1 Å². The number of hydrogen-bond acceptors (Lipinski definition) is 4. The van der Waals surface area contributed by atoms with Gasteiger partial charge in [-0.2, -0.15) is 0 Å². The first-order valence-electron chi connectivity index (χ1n) is 10.8. The first-order valence-corrected chi connectivity index (χ1v) is 12.0. The molecular weight excluding hydrogens is 452 g/mol. The molecule has 6 heteroatoms. The molecule has 33 heavy (non-hydrogen) atoms. The highest BCUT2D eigenvalue weighted by Gasteiger charge is 2.11. The lowest BCUT2D eigenvalue weighted by Gasteiger charge is -2.12. The number of hydrogen-bond donors (Lipinski definition) is 0. The molecule has 0 bridgehead atoms. The fraction of sp³-hybridized carbons (Fsp3) is 0.222. The van der Waals surface area contributed by atoms with Crippen LogP contribution in [0.3, 0.4) is 0 Å². The van der Waals surface area contributed by atoms with Crippen molar-refractivity contribution in [3.05, 3.63) is 92.6 Å². The van der Waals surface area contributed by atoms with E-state index in [0.29, 0.717) is 0 Å². The van der Waals surface area contributed by atoms with Gasteiger partial charge in [-0.1, -0.05) is 41.9 Å². The Kier molecular flexibility index (Phi) is 7.21. The molecule has 0 radical (unpaired) electrons. The fourth-order valence-electron chi connectivity index (χ4n) is 3.72. The van der Waals surface area contributed by atoms with Crippen LogP contribution >= 0.6 is 22.9 Å². The van der Waals surface area contributed by atoms with Crippen molar-refractivity contribution >= 4 is 28.6 Å². The van der Waals surface area contributed by atoms with E-state index in [1.54, 1.807) is 25.6 Å². The van der Waals surface area contributed by atoms with Crippen LogP contribution in [0.1, 0.15) is 16.7 Å². The Balaban J connectivity index is 1.75. The quantitative estimate of drug-likeness (QED) is 0.287. The number of benzene rings is 3. The summed E-state index contributed by atoms with van der Waals surface area (Å²) in [6.45, 7) is 5.02. The van der Waals surface area contributed by atoms with Gasteiger partial charge < -0.3 is 14.0 Å². The molecule has 0 spiro atoms. The summed E-state index contributed by atoms with van der Waals surface area (Å²) in [5.41, 5.74) is 6.85. The number of nitrogens with zero attached hydrogens (tertiary/aromatic N) is 2. The predicted molar refractivity (Wildman–Crippen MR) is 137 cm³/mol. The van der Waals surface area contributed by atoms with Gasteiger partial charge in [0.1, 0.15) is 0 Å². The molecule has 4 aromatic rings. The molecule has 0 N–H and O–H groups in total. The average molecular weight is 479 g/mol. The Morgan fingerprint density at radius 1 is 0.939 bits per heavy atom. The second-order valence-corrected chi connectivity index (χ2v) is 9.11. The minimum atomic E-state index is 0.728. The van der Waals surface area contributed by atoms with Crippen LogP contribution in [-0.4, -0.2) is 18.8 Å². The topological polar surface area (TPSA) is 35.8 Å². The van der Waals surface area contributed by atoms with E-state index < -0.39 is 0 Å². The van der Waals surface area contributed by atoms with Gasteiger partial charge in [-0.3, -0.25) is 0 Å². The monoisotopic (exact) mass is 478 g/mol. The van der Waals surface area contributed by atoms with E-state index in [1.165, 1.54) is 16.7 Å². The molecule has 0 amide bonds. The maximum Gasteiger partial charge on any atom is 0.190 e. The van der Waals surface area contributed by atoms with Crippen LogP contribution in [0.15, 0.2) is 71.0 Å². The highest BCUT2D eigenvalue weighted by molar-refractivity contribution is 7.07. The Labute approximate surface area is 203 Å². The maximum absolute atomic E-state index is 6.13. The summed E-state index contributed by atoms with van der Waals surface area (Å²) in [4.78, 5) is 6.02. The van der Waals surface area contributed by atoms with Gasteiger partial charge in [0.25, 0.3) is 0 Å². The second-order valence-electron chi connectivity index (χ2n) is 7.83. The van der Waals surface area contributed by atoms with E-state index in [9.17, 15) is 0 Å². The number of rotatable bonds is 7. The van der Waals surface area contributed by atoms with Gasteiger partial charge >= 0.3 is 0 Å². The first-order chi connectivity index (χ1) is 16.0. The zero-order valence-electron chi connectivity index (χ0n) is 19.3. The number of halogens is 1. The Hall–Kier alpha value is -3.02. The highest BCUT2D eigenvalue weighted by Crippen LogP contribution is 2.29. The molecule has 0 saturated carbocycles. The van der Waals surface area contributed by atoms with E-state index in [-0.39, 0.29) is 0 Å². The Morgan fingerprint density at radius 3 is 2.42 bits per heavy atom. The molecule has 4 rings (SSSR count). The molecule has 0 atom stereocenters. The molecule has 0 aliphatic rings. The summed E-state index contributed by atoms with van der Waals surface area (Å²) in [5, 5.41) is 2.90. The zero-order valence-corrected chi connectivity index (χ0v) is 20.8. The zero-order chi connectivity index (χ0) is 23.4. The molecule has 0 aliphatic carbocycles. The third kappa shape index (κ3) is 5.15. The van der Waals surface area contributed by atoms with Crippen LogP contribution in [-0.2, 0) is 13.0 Å². The molecule has 4 nitrogen and oxygen atoms in total. The predicted octanol–water partition coefficient (Wildman–Crippen LogP) is 6.98. The molecule has 0 aliphatic heterocycles. The number of aromatic nitrogens is 1. The summed E-state index contributed by atoms with van der Waals surface area (Å²) < 4.78 is 13.1. The van der Waals surface area contributed by atoms with Crippen LogP contribution in [0.25, 0.3) is 11.3 Å². The molecule has 0 unspecified atom stereocenters. The van der Waals surface area contributed by atoms with E-state index in [0.717, 1.165) is 51.2 Å². The van der Waals surface area contributed by atoms with Gasteiger partial charge in [0, 0.05) is 16.9 Å². The van der Waals surface area contributed by atoms with E-state index in [2.05, 4.69) is 60.2 Å². The molecule has 0 fully saturated rings. The second kappa shape index (κ2) is 10.3. The lowest BCUT2D eigenvalue weighted by molar-refractivity contribution is 0.354. The number of thiazole rings is 1. The Bertz CT molecular complexity index is 1320. The van der Waals surface area contributed by atoms with Crippen LogP contribution in [0.5, 0.6) is 11.5 Å². The number of ether oxygens (including phenoxy) is 2. The summed E-state index contributed by atoms with van der Waals surface area (Å²) in [6, 6.07) is 20.3. The molecule has 170 valence electrons. The van der Waals surface area contributed by atoms with Gasteiger partial charge in [0.05, 0.1) is 25.6 Å². The Morgan fingerprint density at radius 2 is 1.70 bits per heavy atom. The van der Waals surface area contributed by atoms with Gasteiger partial charge in [0.2, 0.25) is 0 Å². The van der Waals surface area contributed by atoms with Crippen molar-refractivity contribution in [3.63, 3.8) is 0 Å². The van der Waals surface area contributed by atoms with Crippen molar-refractivity contribution < 1.29 is 9.47 Å². The molecule has 1 heterocycles. The fourth-order valence-corrected chi connectivity index (χ4v) is 4.80. The third-order valence-corrected chi connectivity index (χ3v) is 6.92. The maximum atomic E-state index is 6.13. The normalized spacial score (nSPS) is 11.6. The lowest BCUT2D eigenvalue weighted by Crippen LogP contribution is -2.17. The largest absolute Gasteiger partial charge is 0.493 e. The van der Waals surface area contributed by atoms with Gasteiger partial charge in [-0.15, -0.1) is 11.3 Å². The van der Waals surface area contributed by atoms with Crippen molar-refractivity contribution in [2.75, 3.05) is 14.2 Å². The van der Waals surface area contributed by atoms with Crippen molar-refractivity contribution in [3.8, 4) is 22.8 Å². The van der Waals surface area contributed by atoms with Crippen LogP contribution < -0.4 is 14.3 Å². The van der Waals surface area contributed by atoms with E-state index in [1.807, 2.05) is 24.3 Å². The van der Waals surface area contributed by atoms with Crippen molar-refractivity contribution in [2.45, 2.75) is 26.8 Å². The minimum absolute atomic E-state index is 0.728. The molecular formula is C27H27ClN2O2S. The van der Waals surface area contributed by atoms with Crippen LogP contribution in [0.4, 0.5) is 5.69 Å². The minimum Gasteiger partial charge on any atom is -0.493 e. The number of methoxy groups -OCH3 is 2. The van der Waals surface area contributed by atoms with Gasteiger partial charge in [-0.25, -0.2) is 4.99 Å². The first kappa shape index (κ1) is 23.1. The summed E-state index contributed by atoms with van der Waals surface area (Å²) in [6.07, 6.45) is 0.831. The lowest BCUT2D eigenvalue weighted by atomic mass is 10.1. The SMILES string of the molecule is COc1ccc(CCn2c(-c3ccc(Cl)cc3)csc2=Nc2cccc(C)c2C)cc1OC. The molecule has 3 aromatic carbocycles. The third-order valence-electron chi connectivity index (χ3n) is 5.80. The van der Waals surface area contributed by atoms with Gasteiger partial charge in [0.15, 0.2) is 16.3 Å². The van der Waals surface area contributed by atoms with E-state index >= 15 is 0 Å². The number of aryl methyl sites for hydroxylation is 2. The standard InChI is InChI=1S/C27H27ClN2O2S/c1-18-6-5-7-23(19(18)2)29-27-30(24(17-33-27)21-9-11-22(28)12-10-21)15-14-20-8-13-25(31-3)26(16-20)32-4/h5-13,16-17H,14-15H2,1-4H3. The summed E-state index contributed by atoms with van der Waals surface area (Å²) in [5.74, 6) is 1.47. The average Bonchev–Trinajstić information content (AvgIpc) is 3.23. The van der Waals surface area contributed by atoms with Crippen molar-refractivity contribution in [1.82, 2.24) is 4.57 Å². The van der Waals surface area contributed by atoms with Crippen LogP contribution in [0, 0.1) is 13.8 Å². The van der Waals surface area contributed by atoms with Crippen molar-refractivity contribution in [1.29, 1.82) is 0 Å². The molecule has 0 saturated heterocycles. The summed E-state index contributed by atoms with van der Waals surface area (Å²) in [7, 11) is 3.31. The summed E-state index contributed by atoms with van der Waals surface area (Å²) >= 11 is 7.79. The highest BCUT2D eigenvalue weighted by atomic mass is 35.5. The smallest absolute Gasteiger partial charge is 0.190 e. The van der Waals surface area contributed by atoms with Crippen molar-refractivity contribution in [2.24, 2.45) is 4.99 Å².